The zero-order valence-corrected chi connectivity index (χ0v) is 18.6. The molecule has 0 bridgehead atoms. The molecule has 0 fully saturated rings. The number of thiophene rings is 1. The van der Waals surface area contributed by atoms with Gasteiger partial charge in [-0.25, -0.2) is 4.79 Å². The molecule has 1 aliphatic rings. The number of carbonyl (C=O) groups is 2. The normalized spacial score (nSPS) is 16.9. The first-order valence-corrected chi connectivity index (χ1v) is 11.5. The van der Waals surface area contributed by atoms with Crippen LogP contribution in [0.3, 0.4) is 0 Å². The monoisotopic (exact) mass is 437 g/mol. The van der Waals surface area contributed by atoms with Gasteiger partial charge in [-0.05, 0) is 68.9 Å². The lowest BCUT2D eigenvalue weighted by atomic mass is 9.88. The van der Waals surface area contributed by atoms with Gasteiger partial charge >= 0.3 is 5.97 Å². The van der Waals surface area contributed by atoms with E-state index in [9.17, 15) is 9.59 Å². The zero-order valence-electron chi connectivity index (χ0n) is 16.2. The van der Waals surface area contributed by atoms with Crippen LogP contribution < -0.4 is 5.32 Å². The lowest BCUT2D eigenvalue weighted by molar-refractivity contribution is -0.115. The van der Waals surface area contributed by atoms with Crippen molar-refractivity contribution >= 4 is 51.6 Å². The predicted octanol–water partition coefficient (Wildman–Crippen LogP) is 5.82. The van der Waals surface area contributed by atoms with E-state index in [1.807, 2.05) is 31.2 Å². The number of benzene rings is 1. The molecule has 0 saturated heterocycles. The van der Waals surface area contributed by atoms with Crippen molar-refractivity contribution in [3.8, 4) is 0 Å². The maximum Gasteiger partial charge on any atom is 0.341 e. The summed E-state index contributed by atoms with van der Waals surface area (Å²) in [5.74, 6) is 0.115. The van der Waals surface area contributed by atoms with Crippen LogP contribution >= 0.6 is 34.7 Å². The van der Waals surface area contributed by atoms with Crippen molar-refractivity contribution in [1.82, 2.24) is 0 Å². The summed E-state index contributed by atoms with van der Waals surface area (Å²) in [4.78, 5) is 27.5. The van der Waals surface area contributed by atoms with E-state index in [0.717, 1.165) is 29.7 Å². The fourth-order valence-electron chi connectivity index (χ4n) is 3.24. The quantitative estimate of drug-likeness (QED) is 0.456. The Hall–Kier alpha value is -1.50. The Kier molecular flexibility index (Phi) is 7.07. The number of fused-ring (bicyclic) bond motifs is 1. The number of nitrogens with one attached hydrogen (secondary N) is 1. The average molecular weight is 438 g/mol. The summed E-state index contributed by atoms with van der Waals surface area (Å²) >= 11 is 8.89. The van der Waals surface area contributed by atoms with Crippen LogP contribution in [0.4, 0.5) is 5.00 Å². The molecular formula is C21H24ClNO3S2. The molecule has 4 nitrogen and oxygen atoms in total. The third-order valence-corrected chi connectivity index (χ3v) is 7.26. The first-order chi connectivity index (χ1) is 13.4. The fraction of sp³-hybridized carbons (Fsp3) is 0.429. The minimum Gasteiger partial charge on any atom is -0.462 e. The van der Waals surface area contributed by atoms with Crippen LogP contribution in [0.25, 0.3) is 0 Å². The second-order valence-electron chi connectivity index (χ2n) is 6.98. The van der Waals surface area contributed by atoms with E-state index in [4.69, 9.17) is 16.3 Å². The van der Waals surface area contributed by atoms with Crippen LogP contribution in [0, 0.1) is 5.92 Å². The lowest BCUT2D eigenvalue weighted by Crippen LogP contribution is -2.23. The van der Waals surface area contributed by atoms with Gasteiger partial charge in [0.05, 0.1) is 17.4 Å². The molecule has 28 heavy (non-hydrogen) atoms. The Bertz CT molecular complexity index is 863. The molecule has 7 heteroatoms. The third kappa shape index (κ3) is 4.91. The lowest BCUT2D eigenvalue weighted by Gasteiger charge is -2.18. The second-order valence-corrected chi connectivity index (χ2v) is 9.94. The Morgan fingerprint density at radius 3 is 2.75 bits per heavy atom. The van der Waals surface area contributed by atoms with E-state index < -0.39 is 0 Å². The van der Waals surface area contributed by atoms with Crippen molar-refractivity contribution in [2.75, 3.05) is 11.9 Å². The fourth-order valence-corrected chi connectivity index (χ4v) is 5.64. The molecule has 1 aliphatic carbocycles. The minimum atomic E-state index is -0.345. The SMILES string of the molecule is CCOC(=O)c1c(NC(=O)C(C)Sc2ccc(Cl)cc2)sc2c1CCC(C)C2. The molecule has 0 saturated carbocycles. The second kappa shape index (κ2) is 9.33. The highest BCUT2D eigenvalue weighted by Gasteiger charge is 2.29. The predicted molar refractivity (Wildman–Crippen MR) is 117 cm³/mol. The van der Waals surface area contributed by atoms with Crippen molar-refractivity contribution in [1.29, 1.82) is 0 Å². The zero-order chi connectivity index (χ0) is 20.3. The van der Waals surface area contributed by atoms with Gasteiger partial charge in [0.25, 0.3) is 0 Å². The number of hydrogen-bond acceptors (Lipinski definition) is 5. The van der Waals surface area contributed by atoms with E-state index >= 15 is 0 Å². The van der Waals surface area contributed by atoms with Gasteiger partial charge in [0.1, 0.15) is 5.00 Å². The van der Waals surface area contributed by atoms with Gasteiger partial charge in [0.2, 0.25) is 5.91 Å². The maximum absolute atomic E-state index is 12.8. The van der Waals surface area contributed by atoms with Crippen LogP contribution in [0.1, 0.15) is 48.0 Å². The van der Waals surface area contributed by atoms with Crippen LogP contribution in [-0.4, -0.2) is 23.7 Å². The van der Waals surface area contributed by atoms with Crippen LogP contribution in [0.15, 0.2) is 29.2 Å². The Morgan fingerprint density at radius 2 is 2.07 bits per heavy atom. The molecule has 0 spiro atoms. The van der Waals surface area contributed by atoms with Crippen molar-refractivity contribution < 1.29 is 14.3 Å². The largest absolute Gasteiger partial charge is 0.462 e. The summed E-state index contributed by atoms with van der Waals surface area (Å²) in [6, 6.07) is 7.40. The van der Waals surface area contributed by atoms with Gasteiger partial charge in [0.15, 0.2) is 0 Å². The van der Waals surface area contributed by atoms with Gasteiger partial charge in [0, 0.05) is 14.8 Å². The van der Waals surface area contributed by atoms with Crippen molar-refractivity contribution in [3.05, 3.63) is 45.3 Å². The molecule has 3 rings (SSSR count). The molecule has 0 aliphatic heterocycles. The maximum atomic E-state index is 12.8. The highest BCUT2D eigenvalue weighted by Crippen LogP contribution is 2.40. The van der Waals surface area contributed by atoms with Crippen LogP contribution in [-0.2, 0) is 22.4 Å². The van der Waals surface area contributed by atoms with Gasteiger partial charge in [-0.1, -0.05) is 18.5 Å². The molecule has 1 aromatic carbocycles. The molecule has 1 aromatic heterocycles. The number of amides is 1. The summed E-state index contributed by atoms with van der Waals surface area (Å²) < 4.78 is 5.27. The molecule has 1 heterocycles. The first-order valence-electron chi connectivity index (χ1n) is 9.43. The average Bonchev–Trinajstić information content (AvgIpc) is 3.00. The van der Waals surface area contributed by atoms with E-state index in [1.165, 1.54) is 28.0 Å². The first kappa shape index (κ1) is 21.2. The minimum absolute atomic E-state index is 0.128. The molecule has 1 N–H and O–H groups in total. The summed E-state index contributed by atoms with van der Waals surface area (Å²) in [5.41, 5.74) is 1.60. The molecule has 2 unspecified atom stereocenters. The summed E-state index contributed by atoms with van der Waals surface area (Å²) in [7, 11) is 0. The number of ether oxygens (including phenoxy) is 1. The number of anilines is 1. The van der Waals surface area contributed by atoms with Gasteiger partial charge in [-0.3, -0.25) is 4.79 Å². The molecular weight excluding hydrogens is 414 g/mol. The smallest absolute Gasteiger partial charge is 0.341 e. The number of halogens is 1. The number of esters is 1. The molecule has 1 amide bonds. The van der Waals surface area contributed by atoms with Crippen LogP contribution in [0.2, 0.25) is 5.02 Å². The van der Waals surface area contributed by atoms with E-state index in [2.05, 4.69) is 12.2 Å². The Balaban J connectivity index is 1.79. The van der Waals surface area contributed by atoms with Crippen LogP contribution in [0.5, 0.6) is 0 Å². The van der Waals surface area contributed by atoms with Crippen molar-refractivity contribution in [2.24, 2.45) is 5.92 Å². The number of rotatable bonds is 6. The topological polar surface area (TPSA) is 55.4 Å². The van der Waals surface area contributed by atoms with E-state index in [-0.39, 0.29) is 17.1 Å². The Labute approximate surface area is 179 Å². The highest BCUT2D eigenvalue weighted by atomic mass is 35.5. The van der Waals surface area contributed by atoms with E-state index in [0.29, 0.717) is 28.1 Å². The standard InChI is InChI=1S/C21H24ClNO3S2/c1-4-26-21(25)18-16-10-5-12(2)11-17(16)28-20(18)23-19(24)13(3)27-15-8-6-14(22)7-9-15/h6-9,12-13H,4-5,10-11H2,1-3H3,(H,23,24). The summed E-state index contributed by atoms with van der Waals surface area (Å²) in [6.45, 7) is 6.18. The Morgan fingerprint density at radius 1 is 1.36 bits per heavy atom. The molecule has 150 valence electrons. The summed E-state index contributed by atoms with van der Waals surface area (Å²) in [5, 5.41) is 3.96. The van der Waals surface area contributed by atoms with Gasteiger partial charge in [-0.2, -0.15) is 0 Å². The van der Waals surface area contributed by atoms with Gasteiger partial charge < -0.3 is 10.1 Å². The molecule has 2 aromatic rings. The third-order valence-electron chi connectivity index (χ3n) is 4.72. The summed E-state index contributed by atoms with van der Waals surface area (Å²) in [6.07, 6.45) is 2.84. The van der Waals surface area contributed by atoms with Crippen molar-refractivity contribution in [2.45, 2.75) is 50.2 Å². The highest BCUT2D eigenvalue weighted by molar-refractivity contribution is 8.00. The van der Waals surface area contributed by atoms with E-state index in [1.54, 1.807) is 6.92 Å². The number of carbonyl (C=O) groups excluding carboxylic acids is 2. The number of thioether (sulfide) groups is 1. The molecule has 0 radical (unpaired) electrons. The number of hydrogen-bond donors (Lipinski definition) is 1. The van der Waals surface area contributed by atoms with Gasteiger partial charge in [-0.15, -0.1) is 23.1 Å². The molecule has 2 atom stereocenters. The van der Waals surface area contributed by atoms with Crippen molar-refractivity contribution in [3.63, 3.8) is 0 Å².